The van der Waals surface area contributed by atoms with Gasteiger partial charge in [-0.05, 0) is 114 Å². The first-order valence-electron chi connectivity index (χ1n) is 17.8. The van der Waals surface area contributed by atoms with Crippen molar-refractivity contribution in [3.63, 3.8) is 0 Å². The zero-order valence-electron chi connectivity index (χ0n) is 28.3. The third kappa shape index (κ3) is 4.22. The molecule has 2 aliphatic heterocycles. The zero-order chi connectivity index (χ0) is 30.6. The van der Waals surface area contributed by atoms with E-state index in [0.29, 0.717) is 28.1 Å². The molecule has 7 fully saturated rings. The van der Waals surface area contributed by atoms with Crippen molar-refractivity contribution in [1.82, 2.24) is 10.6 Å². The van der Waals surface area contributed by atoms with Crippen LogP contribution in [0.15, 0.2) is 0 Å². The molecule has 7 aliphatic rings. The van der Waals surface area contributed by atoms with Gasteiger partial charge in [0.2, 0.25) is 0 Å². The molecule has 0 aromatic heterocycles. The molecular formula is C36H60N2O5. The zero-order valence-corrected chi connectivity index (χ0v) is 28.3. The first kappa shape index (κ1) is 30.7. The molecule has 5 saturated carbocycles. The van der Waals surface area contributed by atoms with Crippen LogP contribution in [-0.4, -0.2) is 63.5 Å². The number of carbonyl (C=O) groups excluding carboxylic acids is 1. The minimum atomic E-state index is -0.347. The van der Waals surface area contributed by atoms with Crippen LogP contribution in [0, 0.1) is 56.7 Å². The van der Waals surface area contributed by atoms with Gasteiger partial charge < -0.3 is 29.6 Å². The van der Waals surface area contributed by atoms with Crippen molar-refractivity contribution in [3.05, 3.63) is 0 Å². The molecule has 2 N–H and O–H groups in total. The fraction of sp³-hybridized carbons (Fsp3) is 0.972. The number of hydrogen-bond donors (Lipinski definition) is 2. The number of amides is 1. The SMILES string of the molecule is CNC(=O)OC(C(C)C)C1CC(C)C2C(CC3(C)C4CCC5C(C)(C)C(OC6CNCCO6)CCC56CC46CCC23C)O1. The van der Waals surface area contributed by atoms with Crippen molar-refractivity contribution in [1.29, 1.82) is 0 Å². The predicted octanol–water partition coefficient (Wildman–Crippen LogP) is 6.54. The van der Waals surface area contributed by atoms with Crippen LogP contribution in [-0.2, 0) is 18.9 Å². The van der Waals surface area contributed by atoms with Gasteiger partial charge in [0.1, 0.15) is 6.10 Å². The first-order valence-corrected chi connectivity index (χ1v) is 17.8. The molecule has 7 rings (SSSR count). The third-order valence-electron chi connectivity index (χ3n) is 15.3. The normalized spacial score (nSPS) is 52.1. The Labute approximate surface area is 260 Å². The molecule has 1 amide bonds. The Bertz CT molecular complexity index is 1090. The number of rotatable bonds is 5. The molecule has 13 atom stereocenters. The molecular weight excluding hydrogens is 540 g/mol. The summed E-state index contributed by atoms with van der Waals surface area (Å²) in [5.41, 5.74) is 1.73. The Morgan fingerprint density at radius 1 is 1.00 bits per heavy atom. The summed E-state index contributed by atoms with van der Waals surface area (Å²) in [6.07, 6.45) is 11.3. The summed E-state index contributed by atoms with van der Waals surface area (Å²) in [5.74, 6) is 2.87. The lowest BCUT2D eigenvalue weighted by Crippen LogP contribution is -2.58. The molecule has 2 heterocycles. The van der Waals surface area contributed by atoms with Gasteiger partial charge in [-0.2, -0.15) is 0 Å². The lowest BCUT2D eigenvalue weighted by Gasteiger charge is -2.63. The summed E-state index contributed by atoms with van der Waals surface area (Å²) >= 11 is 0. The first-order chi connectivity index (χ1) is 20.3. The van der Waals surface area contributed by atoms with Crippen LogP contribution in [0.4, 0.5) is 4.79 Å². The van der Waals surface area contributed by atoms with Crippen LogP contribution < -0.4 is 10.6 Å². The van der Waals surface area contributed by atoms with Crippen molar-refractivity contribution in [2.24, 2.45) is 56.7 Å². The van der Waals surface area contributed by atoms with E-state index >= 15 is 0 Å². The fourth-order valence-electron chi connectivity index (χ4n) is 13.4. The van der Waals surface area contributed by atoms with Crippen molar-refractivity contribution in [2.45, 2.75) is 137 Å². The molecule has 0 aromatic rings. The molecule has 43 heavy (non-hydrogen) atoms. The summed E-state index contributed by atoms with van der Waals surface area (Å²) in [6, 6.07) is 0. The highest BCUT2D eigenvalue weighted by atomic mass is 16.7. The fourth-order valence-corrected chi connectivity index (χ4v) is 13.4. The number of hydrogen-bond acceptors (Lipinski definition) is 6. The Morgan fingerprint density at radius 2 is 1.74 bits per heavy atom. The van der Waals surface area contributed by atoms with Gasteiger partial charge >= 0.3 is 6.09 Å². The van der Waals surface area contributed by atoms with Crippen LogP contribution in [0.3, 0.4) is 0 Å². The molecule has 5 aliphatic carbocycles. The number of fused-ring (bicyclic) bond motifs is 4. The van der Waals surface area contributed by atoms with Crippen LogP contribution in [0.5, 0.6) is 0 Å². The number of ether oxygens (including phenoxy) is 4. The van der Waals surface area contributed by atoms with Crippen LogP contribution in [0.1, 0.15) is 106 Å². The van der Waals surface area contributed by atoms with E-state index in [1.807, 2.05) is 0 Å². The van der Waals surface area contributed by atoms with Crippen molar-refractivity contribution in [2.75, 3.05) is 26.7 Å². The largest absolute Gasteiger partial charge is 0.443 e. The van der Waals surface area contributed by atoms with Crippen molar-refractivity contribution in [3.8, 4) is 0 Å². The average Bonchev–Trinajstić information content (AvgIpc) is 3.56. The second kappa shape index (κ2) is 10.3. The lowest BCUT2D eigenvalue weighted by atomic mass is 9.41. The summed E-state index contributed by atoms with van der Waals surface area (Å²) in [5, 5.41) is 6.11. The molecule has 2 saturated heterocycles. The molecule has 0 aromatic carbocycles. The van der Waals surface area contributed by atoms with Crippen LogP contribution >= 0.6 is 0 Å². The van der Waals surface area contributed by atoms with Gasteiger partial charge in [-0.25, -0.2) is 4.79 Å². The minimum Gasteiger partial charge on any atom is -0.443 e. The molecule has 2 spiro atoms. The number of alkyl carbamates (subject to hydrolysis) is 1. The van der Waals surface area contributed by atoms with E-state index in [4.69, 9.17) is 18.9 Å². The van der Waals surface area contributed by atoms with E-state index in [1.165, 1.54) is 44.9 Å². The van der Waals surface area contributed by atoms with E-state index in [2.05, 4.69) is 59.1 Å². The van der Waals surface area contributed by atoms with Crippen molar-refractivity contribution >= 4 is 6.09 Å². The Hall–Kier alpha value is -0.890. The van der Waals surface area contributed by atoms with Crippen LogP contribution in [0.2, 0.25) is 0 Å². The quantitative estimate of drug-likeness (QED) is 0.373. The van der Waals surface area contributed by atoms with E-state index < -0.39 is 0 Å². The monoisotopic (exact) mass is 600 g/mol. The highest BCUT2D eigenvalue weighted by Gasteiger charge is 2.83. The maximum absolute atomic E-state index is 12.3. The van der Waals surface area contributed by atoms with Gasteiger partial charge in [0.25, 0.3) is 0 Å². The van der Waals surface area contributed by atoms with Gasteiger partial charge in [0, 0.05) is 20.1 Å². The Balaban J connectivity index is 1.12. The summed E-state index contributed by atoms with van der Waals surface area (Å²) < 4.78 is 25.7. The van der Waals surface area contributed by atoms with E-state index in [1.54, 1.807) is 7.05 Å². The van der Waals surface area contributed by atoms with Gasteiger partial charge in [-0.3, -0.25) is 0 Å². The minimum absolute atomic E-state index is 0.0303. The van der Waals surface area contributed by atoms with Gasteiger partial charge in [0.15, 0.2) is 6.29 Å². The maximum atomic E-state index is 12.3. The molecule has 0 radical (unpaired) electrons. The van der Waals surface area contributed by atoms with E-state index in [9.17, 15) is 4.79 Å². The van der Waals surface area contributed by atoms with Crippen LogP contribution in [0.25, 0.3) is 0 Å². The molecule has 0 bridgehead atoms. The number of morpholine rings is 1. The number of carbonyl (C=O) groups is 1. The summed E-state index contributed by atoms with van der Waals surface area (Å²) in [7, 11) is 1.64. The van der Waals surface area contributed by atoms with Crippen molar-refractivity contribution < 1.29 is 23.7 Å². The third-order valence-corrected chi connectivity index (χ3v) is 15.3. The second-order valence-corrected chi connectivity index (χ2v) is 17.5. The maximum Gasteiger partial charge on any atom is 0.407 e. The van der Waals surface area contributed by atoms with Gasteiger partial charge in [-0.15, -0.1) is 0 Å². The highest BCUT2D eigenvalue weighted by molar-refractivity contribution is 5.66. The average molecular weight is 601 g/mol. The van der Waals surface area contributed by atoms with E-state index in [0.717, 1.165) is 44.4 Å². The molecule has 7 nitrogen and oxygen atoms in total. The lowest BCUT2D eigenvalue weighted by molar-refractivity contribution is -0.235. The highest BCUT2D eigenvalue weighted by Crippen LogP contribution is 2.89. The summed E-state index contributed by atoms with van der Waals surface area (Å²) in [4.78, 5) is 12.3. The Morgan fingerprint density at radius 3 is 2.44 bits per heavy atom. The smallest absolute Gasteiger partial charge is 0.407 e. The van der Waals surface area contributed by atoms with E-state index in [-0.39, 0.29) is 53.5 Å². The predicted molar refractivity (Wildman–Crippen MR) is 166 cm³/mol. The molecule has 7 heteroatoms. The standard InChI is InChI=1S/C36H60N2O5/c1-21(2)30(43-31(39)37-8)23-17-22(3)29-24(41-23)18-34(7)26-10-9-25-32(4,5)27(42-28-19-38-15-16-40-28)11-12-35(25)20-36(26,35)14-13-33(29,34)6/h21-30,38H,9-20H2,1-8H3,(H,37,39). The molecule has 244 valence electrons. The second-order valence-electron chi connectivity index (χ2n) is 17.5. The number of nitrogens with one attached hydrogen (secondary N) is 2. The van der Waals surface area contributed by atoms with Gasteiger partial charge in [0.05, 0.1) is 24.9 Å². The summed E-state index contributed by atoms with van der Waals surface area (Å²) in [6.45, 7) is 19.6. The van der Waals surface area contributed by atoms with Gasteiger partial charge in [-0.1, -0.05) is 48.5 Å². The Kier molecular flexibility index (Phi) is 7.37. The topological polar surface area (TPSA) is 78.1 Å². The molecule has 13 unspecified atom stereocenters.